The molecule has 1 atom stereocenters. The second-order valence-corrected chi connectivity index (χ2v) is 6.96. The number of benzene rings is 1. The van der Waals surface area contributed by atoms with Gasteiger partial charge in [0.15, 0.2) is 0 Å². The minimum atomic E-state index is 0.303. The van der Waals surface area contributed by atoms with Crippen LogP contribution in [0.25, 0.3) is 0 Å². The molecule has 2 N–H and O–H groups in total. The van der Waals surface area contributed by atoms with Gasteiger partial charge in [-0.15, -0.1) is 0 Å². The predicted octanol–water partition coefficient (Wildman–Crippen LogP) is 3.85. The molecule has 18 heavy (non-hydrogen) atoms. The van der Waals surface area contributed by atoms with Crippen molar-refractivity contribution in [2.24, 2.45) is 5.73 Å². The Morgan fingerprint density at radius 1 is 1.22 bits per heavy atom. The lowest BCUT2D eigenvalue weighted by molar-refractivity contribution is 0.744. The standard InChI is InChI=1S/C16H25NS/c1-12-7-8-14(9-13(12)2)10-15(17)11-18-16-5-3-4-6-16/h7-9,15-16H,3-6,10-11,17H2,1-2H3. The van der Waals surface area contributed by atoms with E-state index in [1.807, 2.05) is 0 Å². The molecule has 0 aliphatic heterocycles. The van der Waals surface area contributed by atoms with E-state index in [-0.39, 0.29) is 0 Å². The van der Waals surface area contributed by atoms with E-state index in [1.165, 1.54) is 42.4 Å². The smallest absolute Gasteiger partial charge is 0.0171 e. The van der Waals surface area contributed by atoms with Gasteiger partial charge in [-0.2, -0.15) is 11.8 Å². The Labute approximate surface area is 116 Å². The summed E-state index contributed by atoms with van der Waals surface area (Å²) in [6, 6.07) is 7.03. The topological polar surface area (TPSA) is 26.0 Å². The maximum absolute atomic E-state index is 6.25. The lowest BCUT2D eigenvalue weighted by atomic mass is 10.0. The zero-order valence-electron chi connectivity index (χ0n) is 11.6. The SMILES string of the molecule is Cc1ccc(CC(N)CSC2CCCC2)cc1C. The van der Waals surface area contributed by atoms with Crippen LogP contribution in [0.1, 0.15) is 42.4 Å². The number of nitrogens with two attached hydrogens (primary N) is 1. The van der Waals surface area contributed by atoms with Gasteiger partial charge in [-0.05, 0) is 49.8 Å². The highest BCUT2D eigenvalue weighted by molar-refractivity contribution is 7.99. The summed E-state index contributed by atoms with van der Waals surface area (Å²) >= 11 is 2.09. The van der Waals surface area contributed by atoms with Crippen LogP contribution in [0.5, 0.6) is 0 Å². The van der Waals surface area contributed by atoms with Gasteiger partial charge in [0, 0.05) is 17.0 Å². The Morgan fingerprint density at radius 3 is 2.61 bits per heavy atom. The molecule has 1 saturated carbocycles. The highest BCUT2D eigenvalue weighted by Gasteiger charge is 2.16. The zero-order valence-corrected chi connectivity index (χ0v) is 12.4. The van der Waals surface area contributed by atoms with Crippen molar-refractivity contribution in [2.45, 2.75) is 57.2 Å². The molecule has 0 aromatic heterocycles. The molecule has 0 radical (unpaired) electrons. The molecule has 1 aliphatic rings. The van der Waals surface area contributed by atoms with E-state index in [0.29, 0.717) is 6.04 Å². The van der Waals surface area contributed by atoms with Crippen LogP contribution >= 0.6 is 11.8 Å². The third-order valence-corrected chi connectivity index (χ3v) is 5.48. The Kier molecular flexibility index (Phi) is 5.13. The van der Waals surface area contributed by atoms with E-state index in [1.54, 1.807) is 0 Å². The summed E-state index contributed by atoms with van der Waals surface area (Å²) in [5.41, 5.74) is 10.4. The molecule has 1 aromatic carbocycles. The number of hydrogen-bond acceptors (Lipinski definition) is 2. The molecule has 1 nitrogen and oxygen atoms in total. The number of aryl methyl sites for hydroxylation is 2. The van der Waals surface area contributed by atoms with Crippen LogP contribution in [-0.2, 0) is 6.42 Å². The van der Waals surface area contributed by atoms with E-state index in [4.69, 9.17) is 5.73 Å². The van der Waals surface area contributed by atoms with Gasteiger partial charge in [0.25, 0.3) is 0 Å². The van der Waals surface area contributed by atoms with E-state index >= 15 is 0 Å². The quantitative estimate of drug-likeness (QED) is 0.873. The molecule has 0 amide bonds. The van der Waals surface area contributed by atoms with Gasteiger partial charge in [0.1, 0.15) is 0 Å². The van der Waals surface area contributed by atoms with Crippen LogP contribution in [0.15, 0.2) is 18.2 Å². The van der Waals surface area contributed by atoms with Crippen molar-refractivity contribution < 1.29 is 0 Å². The molecule has 1 aliphatic carbocycles. The molecule has 0 spiro atoms. The molecule has 2 rings (SSSR count). The Hall–Kier alpha value is -0.470. The van der Waals surface area contributed by atoms with Crippen molar-refractivity contribution in [1.82, 2.24) is 0 Å². The number of thioether (sulfide) groups is 1. The molecular formula is C16H25NS. The fourth-order valence-electron chi connectivity index (χ4n) is 2.61. The normalized spacial score (nSPS) is 18.2. The van der Waals surface area contributed by atoms with Gasteiger partial charge < -0.3 is 5.73 Å². The number of rotatable bonds is 5. The Bertz CT molecular complexity index is 383. The van der Waals surface area contributed by atoms with E-state index < -0.39 is 0 Å². The minimum Gasteiger partial charge on any atom is -0.327 e. The summed E-state index contributed by atoms with van der Waals surface area (Å²) in [4.78, 5) is 0. The van der Waals surface area contributed by atoms with Gasteiger partial charge in [-0.3, -0.25) is 0 Å². The maximum Gasteiger partial charge on any atom is 0.0171 e. The van der Waals surface area contributed by atoms with Gasteiger partial charge in [-0.1, -0.05) is 31.0 Å². The summed E-state index contributed by atoms with van der Waals surface area (Å²) in [5.74, 6) is 1.11. The summed E-state index contributed by atoms with van der Waals surface area (Å²) < 4.78 is 0. The summed E-state index contributed by atoms with van der Waals surface area (Å²) in [6.07, 6.45) is 6.66. The Morgan fingerprint density at radius 2 is 1.94 bits per heavy atom. The highest BCUT2D eigenvalue weighted by atomic mass is 32.2. The molecule has 100 valence electrons. The van der Waals surface area contributed by atoms with E-state index in [2.05, 4.69) is 43.8 Å². The molecule has 0 heterocycles. The van der Waals surface area contributed by atoms with Crippen LogP contribution in [0, 0.1) is 13.8 Å². The lowest BCUT2D eigenvalue weighted by Crippen LogP contribution is -2.26. The average molecular weight is 263 g/mol. The van der Waals surface area contributed by atoms with Crippen LogP contribution in [0.2, 0.25) is 0 Å². The van der Waals surface area contributed by atoms with Crippen molar-refractivity contribution in [2.75, 3.05) is 5.75 Å². The lowest BCUT2D eigenvalue weighted by Gasteiger charge is -2.15. The van der Waals surface area contributed by atoms with Crippen LogP contribution < -0.4 is 5.73 Å². The third kappa shape index (κ3) is 4.03. The Balaban J connectivity index is 1.78. The third-order valence-electron chi connectivity index (χ3n) is 3.92. The molecule has 1 aromatic rings. The van der Waals surface area contributed by atoms with Gasteiger partial charge in [0.2, 0.25) is 0 Å². The first-order chi connectivity index (χ1) is 8.65. The van der Waals surface area contributed by atoms with Crippen molar-refractivity contribution in [1.29, 1.82) is 0 Å². The zero-order chi connectivity index (χ0) is 13.0. The van der Waals surface area contributed by atoms with Crippen LogP contribution in [0.3, 0.4) is 0 Å². The predicted molar refractivity (Wildman–Crippen MR) is 82.3 cm³/mol. The fourth-order valence-corrected chi connectivity index (χ4v) is 3.91. The van der Waals surface area contributed by atoms with Crippen LogP contribution in [0.4, 0.5) is 0 Å². The maximum atomic E-state index is 6.25. The second-order valence-electron chi connectivity index (χ2n) is 5.62. The van der Waals surface area contributed by atoms with E-state index in [0.717, 1.165) is 17.4 Å². The molecule has 0 saturated heterocycles. The molecular weight excluding hydrogens is 238 g/mol. The van der Waals surface area contributed by atoms with Crippen molar-refractivity contribution in [3.8, 4) is 0 Å². The second kappa shape index (κ2) is 6.63. The highest BCUT2D eigenvalue weighted by Crippen LogP contribution is 2.29. The first kappa shape index (κ1) is 14.0. The van der Waals surface area contributed by atoms with E-state index in [9.17, 15) is 0 Å². The average Bonchev–Trinajstić information content (AvgIpc) is 2.84. The molecule has 0 bridgehead atoms. The van der Waals surface area contributed by atoms with Gasteiger partial charge >= 0.3 is 0 Å². The molecule has 1 unspecified atom stereocenters. The first-order valence-electron chi connectivity index (χ1n) is 7.08. The summed E-state index contributed by atoms with van der Waals surface area (Å²) in [5, 5.41) is 0.885. The van der Waals surface area contributed by atoms with Gasteiger partial charge in [0.05, 0.1) is 0 Å². The van der Waals surface area contributed by atoms with Crippen molar-refractivity contribution in [3.05, 3.63) is 34.9 Å². The largest absolute Gasteiger partial charge is 0.327 e. The first-order valence-corrected chi connectivity index (χ1v) is 8.13. The summed E-state index contributed by atoms with van der Waals surface area (Å²) in [7, 11) is 0. The van der Waals surface area contributed by atoms with Crippen LogP contribution in [-0.4, -0.2) is 17.0 Å². The summed E-state index contributed by atoms with van der Waals surface area (Å²) in [6.45, 7) is 4.34. The van der Waals surface area contributed by atoms with Crippen molar-refractivity contribution in [3.63, 3.8) is 0 Å². The minimum absolute atomic E-state index is 0.303. The number of hydrogen-bond donors (Lipinski definition) is 1. The van der Waals surface area contributed by atoms with Crippen molar-refractivity contribution >= 4 is 11.8 Å². The monoisotopic (exact) mass is 263 g/mol. The fraction of sp³-hybridized carbons (Fsp3) is 0.625. The molecule has 2 heteroatoms. The molecule has 1 fully saturated rings. The van der Waals surface area contributed by atoms with Gasteiger partial charge in [-0.25, -0.2) is 0 Å².